The maximum atomic E-state index is 12.5. The van der Waals surface area contributed by atoms with Crippen molar-refractivity contribution in [2.24, 2.45) is 5.92 Å². The van der Waals surface area contributed by atoms with Crippen LogP contribution in [0, 0.1) is 5.92 Å². The van der Waals surface area contributed by atoms with E-state index in [4.69, 9.17) is 4.74 Å². The lowest BCUT2D eigenvalue weighted by Crippen LogP contribution is -2.32. The van der Waals surface area contributed by atoms with Gasteiger partial charge in [0.2, 0.25) is 5.91 Å². The summed E-state index contributed by atoms with van der Waals surface area (Å²) >= 11 is 0. The van der Waals surface area contributed by atoms with Crippen LogP contribution in [0.5, 0.6) is 5.75 Å². The van der Waals surface area contributed by atoms with E-state index >= 15 is 0 Å². The number of benzene rings is 2. The molecule has 0 spiro atoms. The fraction of sp³-hybridized carbons (Fsp3) is 0.300. The summed E-state index contributed by atoms with van der Waals surface area (Å²) in [6.45, 7) is 0.379. The minimum absolute atomic E-state index is 0.0633. The lowest BCUT2D eigenvalue weighted by Gasteiger charge is -2.24. The Morgan fingerprint density at radius 3 is 2.35 bits per heavy atom. The van der Waals surface area contributed by atoms with Gasteiger partial charge >= 0.3 is 6.03 Å². The molecule has 1 saturated carbocycles. The minimum Gasteiger partial charge on any atom is -0.492 e. The lowest BCUT2D eigenvalue weighted by molar-refractivity contribution is -0.121. The highest BCUT2D eigenvalue weighted by Crippen LogP contribution is 2.27. The van der Waals surface area contributed by atoms with Crippen LogP contribution in [0.15, 0.2) is 48.5 Å². The van der Waals surface area contributed by atoms with Crippen molar-refractivity contribution in [1.29, 1.82) is 0 Å². The molecule has 0 saturated heterocycles. The summed E-state index contributed by atoms with van der Waals surface area (Å²) in [5.74, 6) is 0.579. The third kappa shape index (κ3) is 3.96. The molecule has 2 aromatic carbocycles. The van der Waals surface area contributed by atoms with Crippen LogP contribution in [-0.4, -0.2) is 24.6 Å². The molecule has 3 amide bonds. The SMILES string of the molecule is O=C(Nc1ccc(NC(=O)C2COc3ccccc3C2)cc1)NC1CC1. The number of ether oxygens (including phenoxy) is 1. The van der Waals surface area contributed by atoms with Crippen molar-refractivity contribution in [1.82, 2.24) is 5.32 Å². The maximum Gasteiger partial charge on any atom is 0.319 e. The number of carbonyl (C=O) groups excluding carboxylic acids is 2. The molecule has 4 rings (SSSR count). The number of carbonyl (C=O) groups is 2. The van der Waals surface area contributed by atoms with Gasteiger partial charge in [-0.2, -0.15) is 0 Å². The minimum atomic E-state index is -0.216. The monoisotopic (exact) mass is 351 g/mol. The van der Waals surface area contributed by atoms with Crippen molar-refractivity contribution >= 4 is 23.3 Å². The van der Waals surface area contributed by atoms with Gasteiger partial charge in [0.15, 0.2) is 0 Å². The Hall–Kier alpha value is -3.02. The number of rotatable bonds is 4. The Morgan fingerprint density at radius 1 is 0.923 bits per heavy atom. The molecule has 26 heavy (non-hydrogen) atoms. The van der Waals surface area contributed by atoms with E-state index in [-0.39, 0.29) is 17.9 Å². The van der Waals surface area contributed by atoms with Gasteiger partial charge in [0.1, 0.15) is 12.4 Å². The summed E-state index contributed by atoms with van der Waals surface area (Å²) in [6, 6.07) is 15.0. The van der Waals surface area contributed by atoms with Crippen molar-refractivity contribution < 1.29 is 14.3 Å². The zero-order valence-corrected chi connectivity index (χ0v) is 14.3. The van der Waals surface area contributed by atoms with Gasteiger partial charge in [-0.25, -0.2) is 4.79 Å². The van der Waals surface area contributed by atoms with E-state index in [1.165, 1.54) is 0 Å². The Balaban J connectivity index is 1.32. The van der Waals surface area contributed by atoms with Gasteiger partial charge in [0.05, 0.1) is 5.92 Å². The molecular weight excluding hydrogens is 330 g/mol. The Morgan fingerprint density at radius 2 is 1.62 bits per heavy atom. The van der Waals surface area contributed by atoms with E-state index in [2.05, 4.69) is 16.0 Å². The molecule has 1 aliphatic heterocycles. The zero-order chi connectivity index (χ0) is 17.9. The van der Waals surface area contributed by atoms with Crippen LogP contribution >= 0.6 is 0 Å². The smallest absolute Gasteiger partial charge is 0.319 e. The van der Waals surface area contributed by atoms with Gasteiger partial charge in [-0.05, 0) is 55.2 Å². The fourth-order valence-electron chi connectivity index (χ4n) is 2.96. The number of nitrogens with one attached hydrogen (secondary N) is 3. The van der Waals surface area contributed by atoms with Gasteiger partial charge < -0.3 is 20.7 Å². The fourth-order valence-corrected chi connectivity index (χ4v) is 2.96. The van der Waals surface area contributed by atoms with E-state index in [0.29, 0.717) is 30.4 Å². The Bertz CT molecular complexity index is 815. The normalized spacial score (nSPS) is 18.2. The zero-order valence-electron chi connectivity index (χ0n) is 14.3. The van der Waals surface area contributed by atoms with E-state index in [1.807, 2.05) is 24.3 Å². The molecule has 6 nitrogen and oxygen atoms in total. The van der Waals surface area contributed by atoms with Gasteiger partial charge in [0.25, 0.3) is 0 Å². The highest BCUT2D eigenvalue weighted by Gasteiger charge is 2.26. The summed E-state index contributed by atoms with van der Waals surface area (Å²) in [5.41, 5.74) is 2.44. The molecule has 1 aliphatic carbocycles. The molecule has 2 aromatic rings. The first-order chi connectivity index (χ1) is 12.7. The Kier molecular flexibility index (Phi) is 4.48. The molecule has 134 valence electrons. The molecule has 1 heterocycles. The number of para-hydroxylation sites is 1. The number of hydrogen-bond acceptors (Lipinski definition) is 3. The topological polar surface area (TPSA) is 79.5 Å². The largest absolute Gasteiger partial charge is 0.492 e. The van der Waals surface area contributed by atoms with Crippen LogP contribution in [0.4, 0.5) is 16.2 Å². The quantitative estimate of drug-likeness (QED) is 0.792. The third-order valence-corrected chi connectivity index (χ3v) is 4.57. The number of fused-ring (bicyclic) bond motifs is 1. The molecule has 1 unspecified atom stereocenters. The van der Waals surface area contributed by atoms with Gasteiger partial charge in [-0.15, -0.1) is 0 Å². The average Bonchev–Trinajstić information content (AvgIpc) is 3.46. The summed E-state index contributed by atoms with van der Waals surface area (Å²) in [6.07, 6.45) is 2.77. The van der Waals surface area contributed by atoms with Crippen LogP contribution in [0.2, 0.25) is 0 Å². The van der Waals surface area contributed by atoms with E-state index in [0.717, 1.165) is 24.2 Å². The lowest BCUT2D eigenvalue weighted by atomic mass is 9.96. The van der Waals surface area contributed by atoms with Crippen LogP contribution < -0.4 is 20.7 Å². The molecular formula is C20H21N3O3. The number of urea groups is 1. The van der Waals surface area contributed by atoms with Crippen LogP contribution in [0.1, 0.15) is 18.4 Å². The summed E-state index contributed by atoms with van der Waals surface area (Å²) in [5, 5.41) is 8.57. The summed E-state index contributed by atoms with van der Waals surface area (Å²) in [4.78, 5) is 24.2. The number of amides is 3. The molecule has 0 bridgehead atoms. The average molecular weight is 351 g/mol. The van der Waals surface area contributed by atoms with E-state index in [9.17, 15) is 9.59 Å². The molecule has 0 aromatic heterocycles. The summed E-state index contributed by atoms with van der Waals surface area (Å²) in [7, 11) is 0. The third-order valence-electron chi connectivity index (χ3n) is 4.57. The van der Waals surface area contributed by atoms with Crippen molar-refractivity contribution in [3.8, 4) is 5.75 Å². The molecule has 2 aliphatic rings. The maximum absolute atomic E-state index is 12.5. The van der Waals surface area contributed by atoms with Crippen molar-refractivity contribution in [3.63, 3.8) is 0 Å². The predicted octanol–water partition coefficient (Wildman–Crippen LogP) is 3.16. The standard InChI is InChI=1S/C20H21N3O3/c24-19(14-11-13-3-1-2-4-18(13)26-12-14)21-15-5-7-16(8-6-15)22-20(25)23-17-9-10-17/h1-8,14,17H,9-12H2,(H,21,24)(H2,22,23,25). The first-order valence-electron chi connectivity index (χ1n) is 8.86. The molecule has 0 radical (unpaired) electrons. The first-order valence-corrected chi connectivity index (χ1v) is 8.86. The second-order valence-electron chi connectivity index (χ2n) is 6.76. The van der Waals surface area contributed by atoms with Crippen molar-refractivity contribution in [2.45, 2.75) is 25.3 Å². The van der Waals surface area contributed by atoms with Gasteiger partial charge in [-0.1, -0.05) is 18.2 Å². The van der Waals surface area contributed by atoms with Gasteiger partial charge in [-0.3, -0.25) is 4.79 Å². The molecule has 1 fully saturated rings. The number of hydrogen-bond donors (Lipinski definition) is 3. The first kappa shape index (κ1) is 16.4. The van der Waals surface area contributed by atoms with E-state index < -0.39 is 0 Å². The predicted molar refractivity (Wildman–Crippen MR) is 99.4 cm³/mol. The van der Waals surface area contributed by atoms with Crippen molar-refractivity contribution in [2.75, 3.05) is 17.2 Å². The van der Waals surface area contributed by atoms with E-state index in [1.54, 1.807) is 24.3 Å². The highest BCUT2D eigenvalue weighted by atomic mass is 16.5. The van der Waals surface area contributed by atoms with Crippen molar-refractivity contribution in [3.05, 3.63) is 54.1 Å². The second-order valence-corrected chi connectivity index (χ2v) is 6.76. The number of anilines is 2. The summed E-state index contributed by atoms with van der Waals surface area (Å²) < 4.78 is 5.68. The van der Waals surface area contributed by atoms with Gasteiger partial charge in [0, 0.05) is 17.4 Å². The molecule has 6 heteroatoms. The molecule has 3 N–H and O–H groups in total. The van der Waals surface area contributed by atoms with Crippen LogP contribution in [0.3, 0.4) is 0 Å². The Labute approximate surface area is 151 Å². The highest BCUT2D eigenvalue weighted by molar-refractivity contribution is 5.94. The van der Waals surface area contributed by atoms with Crippen LogP contribution in [0.25, 0.3) is 0 Å². The molecule has 1 atom stereocenters. The van der Waals surface area contributed by atoms with Crippen LogP contribution in [-0.2, 0) is 11.2 Å². The second kappa shape index (κ2) is 7.07.